The second-order valence-electron chi connectivity index (χ2n) is 4.68. The highest BCUT2D eigenvalue weighted by Gasteiger charge is 2.16. The zero-order valence-corrected chi connectivity index (χ0v) is 10.2. The molecule has 0 amide bonds. The predicted molar refractivity (Wildman–Crippen MR) is 64.7 cm³/mol. The van der Waals surface area contributed by atoms with Crippen molar-refractivity contribution in [3.05, 3.63) is 30.1 Å². The topological polar surface area (TPSA) is 48.7 Å². The number of aromatic nitrogens is 1. The first-order valence-corrected chi connectivity index (χ1v) is 5.61. The van der Waals surface area contributed by atoms with Crippen molar-refractivity contribution in [3.8, 4) is 6.07 Å². The minimum absolute atomic E-state index is 0.232. The molecule has 3 heteroatoms. The van der Waals surface area contributed by atoms with Crippen molar-refractivity contribution in [1.29, 1.82) is 5.26 Å². The third kappa shape index (κ3) is 4.00. The van der Waals surface area contributed by atoms with Crippen LogP contribution in [0, 0.1) is 16.7 Å². The van der Waals surface area contributed by atoms with Crippen LogP contribution in [0.1, 0.15) is 38.9 Å². The molecule has 1 N–H and O–H groups in total. The van der Waals surface area contributed by atoms with Gasteiger partial charge in [-0.15, -0.1) is 0 Å². The molecule has 0 spiro atoms. The fourth-order valence-electron chi connectivity index (χ4n) is 1.39. The fourth-order valence-corrected chi connectivity index (χ4v) is 1.39. The number of rotatable bonds is 5. The van der Waals surface area contributed by atoms with Gasteiger partial charge in [0.25, 0.3) is 0 Å². The second-order valence-corrected chi connectivity index (χ2v) is 4.68. The quantitative estimate of drug-likeness (QED) is 0.825. The van der Waals surface area contributed by atoms with Gasteiger partial charge in [0.1, 0.15) is 0 Å². The Hall–Kier alpha value is -1.40. The maximum absolute atomic E-state index is 8.89. The molecule has 1 atom stereocenters. The molecule has 0 radical (unpaired) electrons. The van der Waals surface area contributed by atoms with Crippen LogP contribution in [0.25, 0.3) is 0 Å². The molecular weight excluding hydrogens is 198 g/mol. The molecule has 86 valence electrons. The lowest BCUT2D eigenvalue weighted by Gasteiger charge is -2.18. The van der Waals surface area contributed by atoms with Gasteiger partial charge in [0.05, 0.1) is 17.2 Å². The number of nitrogens with zero attached hydrogens (tertiary/aromatic N) is 2. The van der Waals surface area contributed by atoms with E-state index in [9.17, 15) is 0 Å². The second kappa shape index (κ2) is 5.62. The van der Waals surface area contributed by atoms with Crippen molar-refractivity contribution < 1.29 is 0 Å². The lowest BCUT2D eigenvalue weighted by atomic mass is 9.91. The first-order valence-electron chi connectivity index (χ1n) is 5.61. The summed E-state index contributed by atoms with van der Waals surface area (Å²) in [5.41, 5.74) is 0.786. The Bertz CT molecular complexity index is 351. The molecule has 1 aromatic rings. The average molecular weight is 217 g/mol. The first kappa shape index (κ1) is 12.7. The van der Waals surface area contributed by atoms with E-state index in [2.05, 4.69) is 23.3 Å². The number of hydrogen-bond donors (Lipinski definition) is 1. The third-order valence-corrected chi connectivity index (χ3v) is 2.63. The van der Waals surface area contributed by atoms with Crippen LogP contribution in [0.15, 0.2) is 24.4 Å². The largest absolute Gasteiger partial charge is 0.309 e. The lowest BCUT2D eigenvalue weighted by molar-refractivity contribution is 0.414. The van der Waals surface area contributed by atoms with Gasteiger partial charge in [0.2, 0.25) is 0 Å². The Kier molecular flexibility index (Phi) is 4.45. The molecule has 16 heavy (non-hydrogen) atoms. The van der Waals surface area contributed by atoms with Crippen LogP contribution in [0.5, 0.6) is 0 Å². The number of pyridine rings is 1. The number of nitrogens with one attached hydrogen (secondary N) is 1. The van der Waals surface area contributed by atoms with E-state index >= 15 is 0 Å². The van der Waals surface area contributed by atoms with E-state index in [-0.39, 0.29) is 11.5 Å². The summed E-state index contributed by atoms with van der Waals surface area (Å²) in [7, 11) is 0. The molecule has 0 fully saturated rings. The van der Waals surface area contributed by atoms with Crippen LogP contribution in [-0.2, 0) is 0 Å². The van der Waals surface area contributed by atoms with Gasteiger partial charge >= 0.3 is 0 Å². The van der Waals surface area contributed by atoms with Crippen molar-refractivity contribution in [1.82, 2.24) is 10.3 Å². The highest BCUT2D eigenvalue weighted by Crippen LogP contribution is 2.18. The van der Waals surface area contributed by atoms with Crippen LogP contribution < -0.4 is 5.32 Å². The molecule has 1 heterocycles. The van der Waals surface area contributed by atoms with E-state index in [0.717, 1.165) is 18.7 Å². The van der Waals surface area contributed by atoms with Crippen molar-refractivity contribution in [2.24, 2.45) is 5.41 Å². The third-order valence-electron chi connectivity index (χ3n) is 2.63. The van der Waals surface area contributed by atoms with Gasteiger partial charge in [-0.05, 0) is 45.9 Å². The Morgan fingerprint density at radius 3 is 2.81 bits per heavy atom. The lowest BCUT2D eigenvalue weighted by Crippen LogP contribution is -2.24. The molecule has 0 saturated heterocycles. The van der Waals surface area contributed by atoms with Gasteiger partial charge in [-0.1, -0.05) is 6.07 Å². The van der Waals surface area contributed by atoms with E-state index < -0.39 is 0 Å². The summed E-state index contributed by atoms with van der Waals surface area (Å²) in [6.07, 6.45) is 2.65. The highest BCUT2D eigenvalue weighted by molar-refractivity contribution is 5.07. The minimum atomic E-state index is -0.253. The summed E-state index contributed by atoms with van der Waals surface area (Å²) in [5.74, 6) is 0. The number of hydrogen-bond acceptors (Lipinski definition) is 3. The maximum Gasteiger partial charge on any atom is 0.0684 e. The summed E-state index contributed by atoms with van der Waals surface area (Å²) in [6.45, 7) is 6.83. The van der Waals surface area contributed by atoms with Crippen molar-refractivity contribution in [2.75, 3.05) is 6.54 Å². The first-order chi connectivity index (χ1) is 7.55. The molecular formula is C13H19N3. The smallest absolute Gasteiger partial charge is 0.0684 e. The van der Waals surface area contributed by atoms with Gasteiger partial charge < -0.3 is 5.32 Å². The minimum Gasteiger partial charge on any atom is -0.309 e. The molecule has 0 saturated carbocycles. The number of nitriles is 1. The van der Waals surface area contributed by atoms with Crippen molar-refractivity contribution in [3.63, 3.8) is 0 Å². The van der Waals surface area contributed by atoms with Crippen molar-refractivity contribution in [2.45, 2.75) is 33.2 Å². The van der Waals surface area contributed by atoms with Crippen LogP contribution >= 0.6 is 0 Å². The zero-order chi connectivity index (χ0) is 12.0. The van der Waals surface area contributed by atoms with Crippen molar-refractivity contribution >= 4 is 0 Å². The van der Waals surface area contributed by atoms with Crippen LogP contribution in [0.3, 0.4) is 0 Å². The maximum atomic E-state index is 8.89. The summed E-state index contributed by atoms with van der Waals surface area (Å²) in [6, 6.07) is 8.44. The molecule has 0 unspecified atom stereocenters. The SMILES string of the molecule is C[C@H](NCCC(C)(C)C#N)c1ccccn1. The van der Waals surface area contributed by atoms with Gasteiger partial charge in [-0.2, -0.15) is 5.26 Å². The van der Waals surface area contributed by atoms with Gasteiger partial charge in [0.15, 0.2) is 0 Å². The van der Waals surface area contributed by atoms with Gasteiger partial charge in [-0.3, -0.25) is 4.98 Å². The van der Waals surface area contributed by atoms with E-state index in [1.807, 2.05) is 32.0 Å². The molecule has 0 bridgehead atoms. The van der Waals surface area contributed by atoms with Crippen LogP contribution in [0.2, 0.25) is 0 Å². The highest BCUT2D eigenvalue weighted by atomic mass is 14.9. The van der Waals surface area contributed by atoms with Gasteiger partial charge in [0, 0.05) is 12.2 Å². The molecule has 1 rings (SSSR count). The molecule has 0 aliphatic heterocycles. The molecule has 3 nitrogen and oxygen atoms in total. The van der Waals surface area contributed by atoms with E-state index in [1.165, 1.54) is 0 Å². The predicted octanol–water partition coefficient (Wildman–Crippen LogP) is 2.67. The normalized spacial score (nSPS) is 13.1. The van der Waals surface area contributed by atoms with Crippen LogP contribution in [-0.4, -0.2) is 11.5 Å². The van der Waals surface area contributed by atoms with E-state index in [1.54, 1.807) is 6.20 Å². The zero-order valence-electron chi connectivity index (χ0n) is 10.2. The summed E-state index contributed by atoms with van der Waals surface area (Å²) in [5, 5.41) is 12.3. The fraction of sp³-hybridized carbons (Fsp3) is 0.538. The van der Waals surface area contributed by atoms with Crippen LogP contribution in [0.4, 0.5) is 0 Å². The molecule has 0 aromatic carbocycles. The molecule has 0 aliphatic rings. The molecule has 1 aromatic heterocycles. The average Bonchev–Trinajstić information content (AvgIpc) is 2.30. The Labute approximate surface area is 97.5 Å². The Morgan fingerprint density at radius 1 is 1.50 bits per heavy atom. The monoisotopic (exact) mass is 217 g/mol. The Morgan fingerprint density at radius 2 is 2.25 bits per heavy atom. The van der Waals surface area contributed by atoms with E-state index in [4.69, 9.17) is 5.26 Å². The molecule has 0 aliphatic carbocycles. The standard InChI is InChI=1S/C13H19N3/c1-11(12-6-4-5-8-16-12)15-9-7-13(2,3)10-14/h4-6,8,11,15H,7,9H2,1-3H3/t11-/m0/s1. The summed E-state index contributed by atoms with van der Waals surface area (Å²) < 4.78 is 0. The summed E-state index contributed by atoms with van der Waals surface area (Å²) >= 11 is 0. The van der Waals surface area contributed by atoms with E-state index in [0.29, 0.717) is 0 Å². The summed E-state index contributed by atoms with van der Waals surface area (Å²) in [4.78, 5) is 4.29. The van der Waals surface area contributed by atoms with Gasteiger partial charge in [-0.25, -0.2) is 0 Å². The Balaban J connectivity index is 2.38.